The first-order chi connectivity index (χ1) is 7.18. The molecule has 76 valence electrons. The van der Waals surface area contributed by atoms with Crippen molar-refractivity contribution in [3.8, 4) is 11.5 Å². The molecule has 0 unspecified atom stereocenters. The highest BCUT2D eigenvalue weighted by Crippen LogP contribution is 2.20. The van der Waals surface area contributed by atoms with Gasteiger partial charge in [0, 0.05) is 12.4 Å². The first-order valence-corrected chi connectivity index (χ1v) is 4.29. The number of carboxylic acid groups (broad SMARTS) is 1. The monoisotopic (exact) mass is 204 g/mol. The summed E-state index contributed by atoms with van der Waals surface area (Å²) in [4.78, 5) is 18.6. The van der Waals surface area contributed by atoms with Gasteiger partial charge in [0.25, 0.3) is 0 Å². The molecule has 5 nitrogen and oxygen atoms in total. The van der Waals surface area contributed by atoms with Gasteiger partial charge in [0.1, 0.15) is 0 Å². The van der Waals surface area contributed by atoms with E-state index in [4.69, 9.17) is 9.52 Å². The van der Waals surface area contributed by atoms with Crippen LogP contribution in [0.15, 0.2) is 28.9 Å². The van der Waals surface area contributed by atoms with Crippen LogP contribution in [0.3, 0.4) is 0 Å². The van der Waals surface area contributed by atoms with Crippen molar-refractivity contribution < 1.29 is 14.3 Å². The van der Waals surface area contributed by atoms with E-state index in [1.54, 1.807) is 31.5 Å². The lowest BCUT2D eigenvalue weighted by Crippen LogP contribution is -1.95. The summed E-state index contributed by atoms with van der Waals surface area (Å²) < 4.78 is 5.11. The van der Waals surface area contributed by atoms with Crippen LogP contribution in [0.4, 0.5) is 0 Å². The average molecular weight is 204 g/mol. The van der Waals surface area contributed by atoms with Gasteiger partial charge in [0.2, 0.25) is 11.7 Å². The fraction of sp³-hybridized carbons (Fsp3) is 0.100. The Bertz CT molecular complexity index is 491. The molecule has 0 saturated heterocycles. The van der Waals surface area contributed by atoms with E-state index in [0.29, 0.717) is 11.3 Å². The fourth-order valence-electron chi connectivity index (χ4n) is 1.21. The van der Waals surface area contributed by atoms with E-state index in [2.05, 4.69) is 9.97 Å². The number of carbonyl (C=O) groups is 1. The number of hydrogen-bond donors (Lipinski definition) is 1. The maximum Gasteiger partial charge on any atom is 0.373 e. The molecular weight excluding hydrogens is 196 g/mol. The molecule has 1 N–H and O–H groups in total. The molecule has 2 aromatic heterocycles. The molecule has 0 aliphatic rings. The second-order valence-electron chi connectivity index (χ2n) is 2.98. The van der Waals surface area contributed by atoms with Gasteiger partial charge >= 0.3 is 5.97 Å². The average Bonchev–Trinajstić information content (AvgIpc) is 2.62. The Labute approximate surface area is 85.4 Å². The lowest BCUT2D eigenvalue weighted by Gasteiger charge is -1.91. The minimum Gasteiger partial charge on any atom is -0.475 e. The molecule has 0 bridgehead atoms. The summed E-state index contributed by atoms with van der Waals surface area (Å²) in [5, 5.41) is 8.78. The number of pyridine rings is 1. The minimum absolute atomic E-state index is 0.131. The van der Waals surface area contributed by atoms with Crippen molar-refractivity contribution in [1.82, 2.24) is 9.97 Å². The van der Waals surface area contributed by atoms with E-state index in [0.717, 1.165) is 0 Å². The van der Waals surface area contributed by atoms with Gasteiger partial charge in [-0.15, -0.1) is 0 Å². The van der Waals surface area contributed by atoms with Crippen molar-refractivity contribution in [2.24, 2.45) is 0 Å². The van der Waals surface area contributed by atoms with Crippen molar-refractivity contribution >= 4 is 5.97 Å². The van der Waals surface area contributed by atoms with Gasteiger partial charge in [-0.3, -0.25) is 4.98 Å². The number of aryl methyl sites for hydroxylation is 1. The summed E-state index contributed by atoms with van der Waals surface area (Å²) in [6, 6.07) is 3.49. The van der Waals surface area contributed by atoms with Crippen LogP contribution in [0.25, 0.3) is 11.5 Å². The fourth-order valence-corrected chi connectivity index (χ4v) is 1.21. The Hall–Kier alpha value is -2.17. The zero-order valence-corrected chi connectivity index (χ0v) is 7.97. The van der Waals surface area contributed by atoms with E-state index >= 15 is 0 Å². The van der Waals surface area contributed by atoms with Crippen LogP contribution in [-0.2, 0) is 0 Å². The largest absolute Gasteiger partial charge is 0.475 e. The smallest absolute Gasteiger partial charge is 0.373 e. The Balaban J connectivity index is 2.48. The van der Waals surface area contributed by atoms with E-state index in [1.807, 2.05) is 0 Å². The normalized spacial score (nSPS) is 10.2. The molecule has 2 rings (SSSR count). The van der Waals surface area contributed by atoms with Crippen molar-refractivity contribution in [3.63, 3.8) is 0 Å². The third-order valence-electron chi connectivity index (χ3n) is 1.90. The maximum absolute atomic E-state index is 10.7. The summed E-state index contributed by atoms with van der Waals surface area (Å²) in [5.74, 6) is -0.970. The lowest BCUT2D eigenvalue weighted by atomic mass is 10.3. The van der Waals surface area contributed by atoms with Crippen molar-refractivity contribution in [3.05, 3.63) is 36.0 Å². The van der Waals surface area contributed by atoms with E-state index < -0.39 is 5.97 Å². The molecule has 5 heteroatoms. The number of aromatic carboxylic acids is 1. The third-order valence-corrected chi connectivity index (χ3v) is 1.90. The third kappa shape index (κ3) is 1.71. The zero-order valence-electron chi connectivity index (χ0n) is 7.97. The molecule has 0 spiro atoms. The number of nitrogens with zero attached hydrogens (tertiary/aromatic N) is 2. The van der Waals surface area contributed by atoms with Crippen LogP contribution in [0.1, 0.15) is 16.2 Å². The molecule has 0 aromatic carbocycles. The topological polar surface area (TPSA) is 76.2 Å². The molecule has 0 saturated carbocycles. The second-order valence-corrected chi connectivity index (χ2v) is 2.98. The first kappa shape index (κ1) is 9.39. The second kappa shape index (κ2) is 3.53. The standard InChI is InChI=1S/C10H8N2O3/c1-6-8(10(13)14)15-9(12-6)7-3-2-4-11-5-7/h2-5H,1H3,(H,13,14). The van der Waals surface area contributed by atoms with Gasteiger partial charge in [0.15, 0.2) is 0 Å². The van der Waals surface area contributed by atoms with Crippen LogP contribution in [0.5, 0.6) is 0 Å². The highest BCUT2D eigenvalue weighted by atomic mass is 16.4. The van der Waals surface area contributed by atoms with Crippen LogP contribution in [0, 0.1) is 6.92 Å². The molecule has 0 amide bonds. The molecule has 0 aliphatic heterocycles. The Morgan fingerprint density at radius 2 is 2.33 bits per heavy atom. The summed E-state index contributed by atoms with van der Waals surface area (Å²) >= 11 is 0. The van der Waals surface area contributed by atoms with Crippen LogP contribution < -0.4 is 0 Å². The highest BCUT2D eigenvalue weighted by Gasteiger charge is 2.16. The number of hydrogen-bond acceptors (Lipinski definition) is 4. The van der Waals surface area contributed by atoms with Crippen molar-refractivity contribution in [2.45, 2.75) is 6.92 Å². The zero-order chi connectivity index (χ0) is 10.8. The Morgan fingerprint density at radius 1 is 1.53 bits per heavy atom. The molecular formula is C10H8N2O3. The molecule has 0 aliphatic carbocycles. The summed E-state index contributed by atoms with van der Waals surface area (Å²) in [6.07, 6.45) is 3.19. The number of oxazole rings is 1. The van der Waals surface area contributed by atoms with Gasteiger partial charge in [-0.05, 0) is 19.1 Å². The molecule has 2 heterocycles. The van der Waals surface area contributed by atoms with Gasteiger partial charge < -0.3 is 9.52 Å². The van der Waals surface area contributed by atoms with Crippen LogP contribution in [0.2, 0.25) is 0 Å². The predicted molar refractivity (Wildman–Crippen MR) is 51.4 cm³/mol. The quantitative estimate of drug-likeness (QED) is 0.806. The molecule has 0 atom stereocenters. The SMILES string of the molecule is Cc1nc(-c2cccnc2)oc1C(=O)O. The van der Waals surface area contributed by atoms with E-state index in [-0.39, 0.29) is 11.7 Å². The minimum atomic E-state index is -1.12. The van der Waals surface area contributed by atoms with Crippen molar-refractivity contribution in [1.29, 1.82) is 0 Å². The first-order valence-electron chi connectivity index (χ1n) is 4.29. The maximum atomic E-state index is 10.7. The van der Waals surface area contributed by atoms with E-state index in [9.17, 15) is 4.79 Å². The number of carboxylic acids is 1. The summed E-state index contributed by atoms with van der Waals surface area (Å²) in [7, 11) is 0. The molecule has 2 aromatic rings. The van der Waals surface area contributed by atoms with Gasteiger partial charge in [0.05, 0.1) is 11.3 Å². The van der Waals surface area contributed by atoms with Crippen LogP contribution in [-0.4, -0.2) is 21.0 Å². The molecule has 0 radical (unpaired) electrons. The summed E-state index contributed by atoms with van der Waals surface area (Å²) in [6.45, 7) is 1.59. The molecule has 15 heavy (non-hydrogen) atoms. The van der Waals surface area contributed by atoms with Crippen LogP contribution >= 0.6 is 0 Å². The Morgan fingerprint density at radius 3 is 2.87 bits per heavy atom. The van der Waals surface area contributed by atoms with Crippen molar-refractivity contribution in [2.75, 3.05) is 0 Å². The van der Waals surface area contributed by atoms with Gasteiger partial charge in [-0.25, -0.2) is 9.78 Å². The molecule has 0 fully saturated rings. The number of rotatable bonds is 2. The number of aromatic nitrogens is 2. The lowest BCUT2D eigenvalue weighted by molar-refractivity contribution is 0.0662. The van der Waals surface area contributed by atoms with Gasteiger partial charge in [-0.2, -0.15) is 0 Å². The summed E-state index contributed by atoms with van der Waals surface area (Å²) in [5.41, 5.74) is 1.02. The van der Waals surface area contributed by atoms with Gasteiger partial charge in [-0.1, -0.05) is 0 Å². The van der Waals surface area contributed by atoms with E-state index in [1.165, 1.54) is 0 Å². The predicted octanol–water partition coefficient (Wildman–Crippen LogP) is 1.74. The Kier molecular flexibility index (Phi) is 2.21. The highest BCUT2D eigenvalue weighted by molar-refractivity contribution is 5.86.